The largest absolute Gasteiger partial charge is 0.350 e. The van der Waals surface area contributed by atoms with Gasteiger partial charge in [0.05, 0.1) is 0 Å². The van der Waals surface area contributed by atoms with E-state index in [1.807, 2.05) is 18.2 Å². The van der Waals surface area contributed by atoms with Gasteiger partial charge in [0.15, 0.2) is 0 Å². The van der Waals surface area contributed by atoms with E-state index in [0.717, 1.165) is 34.6 Å². The molecule has 0 amide bonds. The number of nitrogens with zero attached hydrogens (tertiary/aromatic N) is 1. The van der Waals surface area contributed by atoms with E-state index in [0.29, 0.717) is 6.04 Å². The number of halogens is 2. The summed E-state index contributed by atoms with van der Waals surface area (Å²) in [5.74, 6) is 0.801. The van der Waals surface area contributed by atoms with Crippen LogP contribution in [0.4, 0.5) is 0 Å². The second kappa shape index (κ2) is 6.43. The minimum absolute atomic E-state index is 0.492. The molecule has 0 radical (unpaired) electrons. The number of hydrogen-bond acceptors (Lipinski definition) is 1. The predicted octanol–water partition coefficient (Wildman–Crippen LogP) is 4.90. The molecule has 1 aliphatic carbocycles. The van der Waals surface area contributed by atoms with E-state index in [4.69, 9.17) is 23.2 Å². The Bertz CT molecular complexity index is 617. The lowest BCUT2D eigenvalue weighted by atomic mass is 10.1. The van der Waals surface area contributed by atoms with E-state index in [2.05, 4.69) is 35.3 Å². The van der Waals surface area contributed by atoms with Crippen LogP contribution in [0.1, 0.15) is 36.9 Å². The van der Waals surface area contributed by atoms with Gasteiger partial charge < -0.3 is 9.88 Å². The fraction of sp³-hybridized carbons (Fsp3) is 0.412. The zero-order chi connectivity index (χ0) is 14.8. The Morgan fingerprint density at radius 3 is 2.81 bits per heavy atom. The lowest BCUT2D eigenvalue weighted by molar-refractivity contribution is 0.495. The SMILES string of the molecule is CCNC(c1ccn(Cc2cc(Cl)ccc2Cl)c1)C1CC1. The van der Waals surface area contributed by atoms with Gasteiger partial charge in [-0.05, 0) is 60.7 Å². The molecule has 21 heavy (non-hydrogen) atoms. The van der Waals surface area contributed by atoms with Crippen LogP contribution < -0.4 is 5.32 Å². The maximum atomic E-state index is 6.24. The van der Waals surface area contributed by atoms with Crippen LogP contribution in [0.25, 0.3) is 0 Å². The first-order valence-electron chi connectivity index (χ1n) is 7.50. The Labute approximate surface area is 136 Å². The highest BCUT2D eigenvalue weighted by Gasteiger charge is 2.32. The van der Waals surface area contributed by atoms with Crippen molar-refractivity contribution >= 4 is 23.2 Å². The summed E-state index contributed by atoms with van der Waals surface area (Å²) >= 11 is 12.3. The van der Waals surface area contributed by atoms with Crippen LogP contribution in [0.2, 0.25) is 10.0 Å². The molecule has 1 aromatic carbocycles. The number of rotatable bonds is 6. The van der Waals surface area contributed by atoms with Crippen LogP contribution in [-0.4, -0.2) is 11.1 Å². The Balaban J connectivity index is 1.76. The quantitative estimate of drug-likeness (QED) is 0.800. The minimum atomic E-state index is 0.492. The standard InChI is InChI=1S/C17H20Cl2N2/c1-2-20-17(12-3-4-12)13-7-8-21(10-13)11-14-9-15(18)5-6-16(14)19/h5-10,12,17,20H,2-4,11H2,1H3. The summed E-state index contributed by atoms with van der Waals surface area (Å²) in [4.78, 5) is 0. The number of nitrogens with one attached hydrogen (secondary N) is 1. The first-order chi connectivity index (χ1) is 10.2. The van der Waals surface area contributed by atoms with Crippen molar-refractivity contribution in [3.63, 3.8) is 0 Å². The van der Waals surface area contributed by atoms with E-state index in [1.165, 1.54) is 18.4 Å². The molecule has 1 fully saturated rings. The summed E-state index contributed by atoms with van der Waals surface area (Å²) in [6.07, 6.45) is 7.02. The highest BCUT2D eigenvalue weighted by atomic mass is 35.5. The number of aromatic nitrogens is 1. The Hall–Kier alpha value is -0.960. The topological polar surface area (TPSA) is 17.0 Å². The van der Waals surface area contributed by atoms with Crippen molar-refractivity contribution in [3.05, 3.63) is 57.8 Å². The van der Waals surface area contributed by atoms with Gasteiger partial charge in [-0.25, -0.2) is 0 Å². The zero-order valence-corrected chi connectivity index (χ0v) is 13.7. The molecule has 4 heteroatoms. The van der Waals surface area contributed by atoms with Crippen LogP contribution in [0.15, 0.2) is 36.7 Å². The van der Waals surface area contributed by atoms with E-state index in [9.17, 15) is 0 Å². The summed E-state index contributed by atoms with van der Waals surface area (Å²) in [6, 6.07) is 8.32. The van der Waals surface area contributed by atoms with Gasteiger partial charge in [-0.2, -0.15) is 0 Å². The monoisotopic (exact) mass is 322 g/mol. The van der Waals surface area contributed by atoms with Crippen molar-refractivity contribution in [2.75, 3.05) is 6.54 Å². The van der Waals surface area contributed by atoms with Crippen molar-refractivity contribution in [2.45, 2.75) is 32.4 Å². The third-order valence-corrected chi connectivity index (χ3v) is 4.61. The Morgan fingerprint density at radius 2 is 2.10 bits per heavy atom. The van der Waals surface area contributed by atoms with E-state index in [1.54, 1.807) is 0 Å². The van der Waals surface area contributed by atoms with Crippen molar-refractivity contribution in [3.8, 4) is 0 Å². The van der Waals surface area contributed by atoms with E-state index >= 15 is 0 Å². The Morgan fingerprint density at radius 1 is 1.29 bits per heavy atom. The molecular formula is C17H20Cl2N2. The fourth-order valence-electron chi connectivity index (χ4n) is 2.81. The summed E-state index contributed by atoms with van der Waals surface area (Å²) in [7, 11) is 0. The predicted molar refractivity (Wildman–Crippen MR) is 89.1 cm³/mol. The van der Waals surface area contributed by atoms with Crippen molar-refractivity contribution < 1.29 is 0 Å². The molecule has 2 nitrogen and oxygen atoms in total. The molecule has 2 aromatic rings. The average Bonchev–Trinajstić information content (AvgIpc) is 3.20. The van der Waals surface area contributed by atoms with Crippen LogP contribution in [-0.2, 0) is 6.54 Å². The molecule has 0 saturated heterocycles. The van der Waals surface area contributed by atoms with Crippen LogP contribution >= 0.6 is 23.2 Å². The maximum absolute atomic E-state index is 6.24. The molecule has 0 bridgehead atoms. The molecule has 1 aromatic heterocycles. The van der Waals surface area contributed by atoms with Gasteiger partial charge in [0.2, 0.25) is 0 Å². The van der Waals surface area contributed by atoms with Gasteiger partial charge in [0.1, 0.15) is 0 Å². The van der Waals surface area contributed by atoms with Gasteiger partial charge >= 0.3 is 0 Å². The molecule has 0 aliphatic heterocycles. The van der Waals surface area contributed by atoms with Gasteiger partial charge in [-0.3, -0.25) is 0 Å². The molecule has 1 N–H and O–H groups in total. The second-order valence-corrected chi connectivity index (χ2v) is 6.57. The number of hydrogen-bond donors (Lipinski definition) is 1. The lowest BCUT2D eigenvalue weighted by Gasteiger charge is -2.15. The molecule has 112 valence electrons. The summed E-state index contributed by atoms with van der Waals surface area (Å²) in [5.41, 5.74) is 2.43. The number of benzene rings is 1. The Kier molecular flexibility index (Phi) is 4.58. The molecule has 3 rings (SSSR count). The fourth-order valence-corrected chi connectivity index (χ4v) is 3.18. The van der Waals surface area contributed by atoms with Crippen LogP contribution in [0, 0.1) is 5.92 Å². The molecule has 1 aliphatic rings. The summed E-state index contributed by atoms with van der Waals surface area (Å²) < 4.78 is 2.18. The smallest absolute Gasteiger partial charge is 0.0485 e. The molecular weight excluding hydrogens is 303 g/mol. The average molecular weight is 323 g/mol. The lowest BCUT2D eigenvalue weighted by Crippen LogP contribution is -2.22. The maximum Gasteiger partial charge on any atom is 0.0485 e. The molecule has 1 atom stereocenters. The first kappa shape index (κ1) is 15.0. The van der Waals surface area contributed by atoms with E-state index < -0.39 is 0 Å². The third kappa shape index (κ3) is 3.63. The van der Waals surface area contributed by atoms with Crippen LogP contribution in [0.3, 0.4) is 0 Å². The zero-order valence-electron chi connectivity index (χ0n) is 12.2. The highest BCUT2D eigenvalue weighted by molar-refractivity contribution is 6.33. The minimum Gasteiger partial charge on any atom is -0.350 e. The highest BCUT2D eigenvalue weighted by Crippen LogP contribution is 2.41. The van der Waals surface area contributed by atoms with Gasteiger partial charge in [0.25, 0.3) is 0 Å². The van der Waals surface area contributed by atoms with Crippen molar-refractivity contribution in [2.24, 2.45) is 5.92 Å². The van der Waals surface area contributed by atoms with Gasteiger partial charge in [-0.15, -0.1) is 0 Å². The van der Waals surface area contributed by atoms with Gasteiger partial charge in [0, 0.05) is 35.0 Å². The van der Waals surface area contributed by atoms with Gasteiger partial charge in [-0.1, -0.05) is 30.1 Å². The third-order valence-electron chi connectivity index (χ3n) is 4.01. The summed E-state index contributed by atoms with van der Waals surface area (Å²) in [6.45, 7) is 3.92. The molecule has 1 heterocycles. The van der Waals surface area contributed by atoms with Crippen molar-refractivity contribution in [1.82, 2.24) is 9.88 Å². The summed E-state index contributed by atoms with van der Waals surface area (Å²) in [5, 5.41) is 5.09. The molecule has 1 unspecified atom stereocenters. The van der Waals surface area contributed by atoms with Crippen molar-refractivity contribution in [1.29, 1.82) is 0 Å². The molecule has 0 spiro atoms. The van der Waals surface area contributed by atoms with E-state index in [-0.39, 0.29) is 0 Å². The molecule has 1 saturated carbocycles. The first-order valence-corrected chi connectivity index (χ1v) is 8.26. The van der Waals surface area contributed by atoms with Crippen LogP contribution in [0.5, 0.6) is 0 Å². The second-order valence-electron chi connectivity index (χ2n) is 5.73. The normalized spacial score (nSPS) is 16.1.